The fourth-order valence-electron chi connectivity index (χ4n) is 4.24. The summed E-state index contributed by atoms with van der Waals surface area (Å²) in [6.07, 6.45) is 2.04. The van der Waals surface area contributed by atoms with Crippen molar-refractivity contribution in [1.82, 2.24) is 25.5 Å². The maximum absolute atomic E-state index is 15.6. The number of hydrogen-bond acceptors (Lipinski definition) is 4. The Balaban J connectivity index is 1.61. The number of aromatic nitrogens is 4. The highest BCUT2D eigenvalue weighted by atomic mass is 19.1. The molecule has 4 aromatic rings. The standard InChI is InChI=1S/C23H22FN5/c24-21-19-11-5-4-7-16(19)12-13-20(21)22(18-10-6-14-25-15-18)29-27-23(26-28-29)17-8-2-1-3-9-17/h1-5,7-9,11-13,18,22,25H,6,10,14-15H2/t18-,22?/m0/s1. The number of nitrogens with one attached hydrogen (secondary N) is 1. The Hall–Kier alpha value is -3.12. The average molecular weight is 387 g/mol. The van der Waals surface area contributed by atoms with E-state index in [1.54, 1.807) is 4.80 Å². The van der Waals surface area contributed by atoms with Gasteiger partial charge in [0, 0.05) is 23.1 Å². The lowest BCUT2D eigenvalue weighted by Gasteiger charge is -2.30. The van der Waals surface area contributed by atoms with E-state index in [9.17, 15) is 0 Å². The van der Waals surface area contributed by atoms with Gasteiger partial charge in [0.2, 0.25) is 5.82 Å². The summed E-state index contributed by atoms with van der Waals surface area (Å²) in [7, 11) is 0. The summed E-state index contributed by atoms with van der Waals surface area (Å²) in [6.45, 7) is 1.79. The van der Waals surface area contributed by atoms with Crippen molar-refractivity contribution in [2.75, 3.05) is 13.1 Å². The summed E-state index contributed by atoms with van der Waals surface area (Å²) < 4.78 is 15.6. The van der Waals surface area contributed by atoms with Crippen LogP contribution >= 0.6 is 0 Å². The summed E-state index contributed by atoms with van der Waals surface area (Å²) in [5, 5.41) is 18.2. The minimum Gasteiger partial charge on any atom is -0.316 e. The molecule has 0 aliphatic carbocycles. The Labute approximate surface area is 168 Å². The second kappa shape index (κ2) is 7.72. The molecule has 146 valence electrons. The number of rotatable bonds is 4. The van der Waals surface area contributed by atoms with Gasteiger partial charge >= 0.3 is 0 Å². The molecule has 1 aliphatic rings. The van der Waals surface area contributed by atoms with Crippen LogP contribution in [0.15, 0.2) is 66.7 Å². The number of fused-ring (bicyclic) bond motifs is 1. The normalized spacial score (nSPS) is 18.0. The van der Waals surface area contributed by atoms with Gasteiger partial charge in [-0.2, -0.15) is 4.80 Å². The van der Waals surface area contributed by atoms with Crippen molar-refractivity contribution >= 4 is 10.8 Å². The van der Waals surface area contributed by atoms with E-state index in [0.29, 0.717) is 16.8 Å². The quantitative estimate of drug-likeness (QED) is 0.570. The van der Waals surface area contributed by atoms with Crippen molar-refractivity contribution in [3.8, 4) is 11.4 Å². The number of piperidine rings is 1. The van der Waals surface area contributed by atoms with Crippen molar-refractivity contribution in [2.24, 2.45) is 5.92 Å². The first-order chi connectivity index (χ1) is 14.3. The van der Waals surface area contributed by atoms with Gasteiger partial charge in [-0.1, -0.05) is 66.7 Å². The molecule has 3 aromatic carbocycles. The van der Waals surface area contributed by atoms with Gasteiger partial charge in [0.05, 0.1) is 0 Å². The van der Waals surface area contributed by atoms with E-state index in [0.717, 1.165) is 36.9 Å². The van der Waals surface area contributed by atoms with E-state index in [1.165, 1.54) is 0 Å². The Morgan fingerprint density at radius 3 is 2.66 bits per heavy atom. The van der Waals surface area contributed by atoms with Crippen molar-refractivity contribution < 1.29 is 4.39 Å². The zero-order chi connectivity index (χ0) is 19.6. The Bertz CT molecular complexity index is 1120. The van der Waals surface area contributed by atoms with Crippen LogP contribution in [-0.4, -0.2) is 33.3 Å². The summed E-state index contributed by atoms with van der Waals surface area (Å²) in [5.41, 5.74) is 1.52. The van der Waals surface area contributed by atoms with E-state index in [2.05, 4.69) is 20.7 Å². The van der Waals surface area contributed by atoms with Gasteiger partial charge < -0.3 is 5.32 Å². The summed E-state index contributed by atoms with van der Waals surface area (Å²) in [6, 6.07) is 20.9. The lowest BCUT2D eigenvalue weighted by Crippen LogP contribution is -2.36. The molecule has 1 aromatic heterocycles. The molecular formula is C23H22FN5. The first-order valence-corrected chi connectivity index (χ1v) is 10.0. The lowest BCUT2D eigenvalue weighted by atomic mass is 9.86. The molecule has 2 atom stereocenters. The van der Waals surface area contributed by atoms with Crippen molar-refractivity contribution in [1.29, 1.82) is 0 Å². The van der Waals surface area contributed by atoms with Crippen molar-refractivity contribution in [2.45, 2.75) is 18.9 Å². The van der Waals surface area contributed by atoms with Crippen LogP contribution < -0.4 is 5.32 Å². The van der Waals surface area contributed by atoms with Crippen LogP contribution in [0.3, 0.4) is 0 Å². The van der Waals surface area contributed by atoms with E-state index in [-0.39, 0.29) is 17.8 Å². The van der Waals surface area contributed by atoms with Crippen molar-refractivity contribution in [3.05, 3.63) is 78.1 Å². The zero-order valence-corrected chi connectivity index (χ0v) is 16.0. The predicted octanol–water partition coefficient (Wildman–Crippen LogP) is 4.22. The third-order valence-electron chi connectivity index (χ3n) is 5.70. The van der Waals surface area contributed by atoms with Crippen LogP contribution in [0.1, 0.15) is 24.4 Å². The van der Waals surface area contributed by atoms with Crippen LogP contribution in [0.5, 0.6) is 0 Å². The van der Waals surface area contributed by atoms with Crippen LogP contribution in [0.25, 0.3) is 22.2 Å². The molecule has 0 spiro atoms. The number of tetrazole rings is 1. The van der Waals surface area contributed by atoms with Crippen LogP contribution in [0, 0.1) is 11.7 Å². The molecule has 0 radical (unpaired) electrons. The smallest absolute Gasteiger partial charge is 0.204 e. The molecule has 1 unspecified atom stereocenters. The predicted molar refractivity (Wildman–Crippen MR) is 111 cm³/mol. The van der Waals surface area contributed by atoms with E-state index < -0.39 is 0 Å². The molecule has 1 N–H and O–H groups in total. The van der Waals surface area contributed by atoms with Gasteiger partial charge in [-0.3, -0.25) is 0 Å². The topological polar surface area (TPSA) is 55.6 Å². The molecular weight excluding hydrogens is 365 g/mol. The van der Waals surface area contributed by atoms with E-state index in [4.69, 9.17) is 0 Å². The first kappa shape index (κ1) is 17.9. The fourth-order valence-corrected chi connectivity index (χ4v) is 4.24. The van der Waals surface area contributed by atoms with Gasteiger partial charge in [0.25, 0.3) is 0 Å². The van der Waals surface area contributed by atoms with E-state index in [1.807, 2.05) is 66.7 Å². The lowest BCUT2D eigenvalue weighted by molar-refractivity contribution is 0.257. The number of benzene rings is 3. The van der Waals surface area contributed by atoms with Gasteiger partial charge in [-0.05, 0) is 35.9 Å². The second-order valence-electron chi connectivity index (χ2n) is 7.54. The highest BCUT2D eigenvalue weighted by Gasteiger charge is 2.31. The molecule has 1 aliphatic heterocycles. The van der Waals surface area contributed by atoms with Gasteiger partial charge in [0.1, 0.15) is 11.9 Å². The van der Waals surface area contributed by atoms with Crippen LogP contribution in [0.4, 0.5) is 4.39 Å². The molecule has 0 saturated carbocycles. The number of halogens is 1. The average Bonchev–Trinajstić information content (AvgIpc) is 3.27. The minimum absolute atomic E-state index is 0.192. The molecule has 0 bridgehead atoms. The highest BCUT2D eigenvalue weighted by molar-refractivity contribution is 5.83. The highest BCUT2D eigenvalue weighted by Crippen LogP contribution is 2.34. The number of hydrogen-bond donors (Lipinski definition) is 1. The molecule has 6 heteroatoms. The molecule has 5 nitrogen and oxygen atoms in total. The zero-order valence-electron chi connectivity index (χ0n) is 16.0. The minimum atomic E-state index is -0.308. The fraction of sp³-hybridized carbons (Fsp3) is 0.261. The maximum Gasteiger partial charge on any atom is 0.204 e. The molecule has 2 heterocycles. The van der Waals surface area contributed by atoms with Gasteiger partial charge in [0.15, 0.2) is 0 Å². The van der Waals surface area contributed by atoms with Crippen LogP contribution in [0.2, 0.25) is 0 Å². The number of nitrogens with zero attached hydrogens (tertiary/aromatic N) is 4. The summed E-state index contributed by atoms with van der Waals surface area (Å²) >= 11 is 0. The summed E-state index contributed by atoms with van der Waals surface area (Å²) in [4.78, 5) is 1.60. The van der Waals surface area contributed by atoms with Gasteiger partial charge in [-0.25, -0.2) is 4.39 Å². The molecule has 1 fully saturated rings. The second-order valence-corrected chi connectivity index (χ2v) is 7.54. The molecule has 29 heavy (non-hydrogen) atoms. The SMILES string of the molecule is Fc1c(C([C@H]2CCCNC2)n2nnc(-c3ccccc3)n2)ccc2ccccc12. The molecule has 0 amide bonds. The molecule has 1 saturated heterocycles. The van der Waals surface area contributed by atoms with Gasteiger partial charge in [-0.15, -0.1) is 10.2 Å². The third kappa shape index (κ3) is 3.40. The maximum atomic E-state index is 15.6. The van der Waals surface area contributed by atoms with E-state index >= 15 is 4.39 Å². The molecule has 5 rings (SSSR count). The first-order valence-electron chi connectivity index (χ1n) is 10.0. The monoisotopic (exact) mass is 387 g/mol. The Kier molecular flexibility index (Phi) is 4.77. The third-order valence-corrected chi connectivity index (χ3v) is 5.70. The summed E-state index contributed by atoms with van der Waals surface area (Å²) in [5.74, 6) is 0.551. The largest absolute Gasteiger partial charge is 0.316 e. The Morgan fingerprint density at radius 1 is 1.00 bits per heavy atom. The van der Waals surface area contributed by atoms with Crippen LogP contribution in [-0.2, 0) is 0 Å². The van der Waals surface area contributed by atoms with Crippen molar-refractivity contribution in [3.63, 3.8) is 0 Å². The Morgan fingerprint density at radius 2 is 1.83 bits per heavy atom.